The number of carbonyl (C=O) groups is 4. The molecule has 1 unspecified atom stereocenters. The van der Waals surface area contributed by atoms with Crippen LogP contribution in [-0.4, -0.2) is 77.5 Å². The predicted octanol–water partition coefficient (Wildman–Crippen LogP) is 1.25. The molecule has 37 heavy (non-hydrogen) atoms. The molecule has 1 aromatic carbocycles. The molecule has 0 bridgehead atoms. The van der Waals surface area contributed by atoms with Crippen LogP contribution in [0.2, 0.25) is 0 Å². The van der Waals surface area contributed by atoms with Crippen LogP contribution < -0.4 is 10.5 Å². The molecule has 2 saturated heterocycles. The van der Waals surface area contributed by atoms with Gasteiger partial charge in [0.1, 0.15) is 0 Å². The van der Waals surface area contributed by atoms with Crippen molar-refractivity contribution in [2.75, 3.05) is 19.0 Å². The second-order valence-electron chi connectivity index (χ2n) is 7.85. The summed E-state index contributed by atoms with van der Waals surface area (Å²) in [6.45, 7) is 5.46. The Morgan fingerprint density at radius 2 is 1.73 bits per heavy atom. The molecule has 202 valence electrons. The van der Waals surface area contributed by atoms with Gasteiger partial charge in [-0.3, -0.25) is 19.2 Å². The largest absolute Gasteiger partial charge is 0.456 e. The maximum absolute atomic E-state index is 12.8. The third kappa shape index (κ3) is 7.59. The van der Waals surface area contributed by atoms with Gasteiger partial charge >= 0.3 is 17.9 Å². The van der Waals surface area contributed by atoms with Gasteiger partial charge in [0.25, 0.3) is 5.91 Å². The molecule has 3 rings (SSSR count). The van der Waals surface area contributed by atoms with Gasteiger partial charge in [-0.15, -0.1) is 0 Å². The molecule has 0 radical (unpaired) electrons. The lowest BCUT2D eigenvalue weighted by Gasteiger charge is -2.39. The number of esters is 3. The molecular formula is C22H28N3O9PS2. The summed E-state index contributed by atoms with van der Waals surface area (Å²) < 4.78 is 27.6. The van der Waals surface area contributed by atoms with Crippen molar-refractivity contribution in [3.8, 4) is 0 Å². The number of nitrogens with one attached hydrogen (secondary N) is 1. The van der Waals surface area contributed by atoms with E-state index in [9.17, 15) is 19.2 Å². The van der Waals surface area contributed by atoms with Gasteiger partial charge in [-0.25, -0.2) is 10.0 Å². The minimum Gasteiger partial charge on any atom is -0.456 e. The fraction of sp³-hybridized carbons (Fsp3) is 0.500. The van der Waals surface area contributed by atoms with E-state index in [0.29, 0.717) is 11.9 Å². The van der Waals surface area contributed by atoms with Crippen LogP contribution in [0.3, 0.4) is 0 Å². The van der Waals surface area contributed by atoms with Gasteiger partial charge in [-0.05, 0) is 18.7 Å². The van der Waals surface area contributed by atoms with E-state index in [0.717, 1.165) is 11.8 Å². The number of nitrogens with zero attached hydrogens (tertiary/aromatic N) is 2. The van der Waals surface area contributed by atoms with E-state index >= 15 is 0 Å². The van der Waals surface area contributed by atoms with E-state index in [1.807, 2.05) is 30.3 Å². The third-order valence-electron chi connectivity index (χ3n) is 4.97. The minimum absolute atomic E-state index is 0.0660. The second kappa shape index (κ2) is 12.9. The molecule has 1 N–H and O–H groups in total. The highest BCUT2D eigenvalue weighted by atomic mass is 32.4. The Hall–Kier alpha value is -2.35. The number of benzene rings is 1. The molecule has 0 spiro atoms. The second-order valence-corrected chi connectivity index (χ2v) is 12.4. The molecule has 2 aliphatic rings. The summed E-state index contributed by atoms with van der Waals surface area (Å²) >= 11 is 6.95. The average molecular weight is 574 g/mol. The van der Waals surface area contributed by atoms with Gasteiger partial charge in [-0.1, -0.05) is 42.1 Å². The lowest BCUT2D eigenvalue weighted by atomic mass is 10.0. The SMILES string of the molecule is CCOP(=S)(NN1C(=O)CSC1=N[C@@H]1OC[C@@H](OC(C)=O)[C@H](OC(C)=O)[C@H]1OC(C)=O)c1ccccc1. The van der Waals surface area contributed by atoms with Crippen molar-refractivity contribution in [2.45, 2.75) is 52.2 Å². The number of thioether (sulfide) groups is 1. The Morgan fingerprint density at radius 3 is 2.32 bits per heavy atom. The van der Waals surface area contributed by atoms with Crippen LogP contribution in [0.4, 0.5) is 0 Å². The smallest absolute Gasteiger partial charge is 0.303 e. The van der Waals surface area contributed by atoms with Crippen LogP contribution in [0.15, 0.2) is 35.3 Å². The fourth-order valence-corrected chi connectivity index (χ4v) is 7.15. The van der Waals surface area contributed by atoms with Crippen LogP contribution in [0.5, 0.6) is 0 Å². The highest BCUT2D eigenvalue weighted by Crippen LogP contribution is 2.43. The van der Waals surface area contributed by atoms with Crippen molar-refractivity contribution < 1.29 is 42.6 Å². The maximum atomic E-state index is 12.8. The number of amides is 1. The van der Waals surface area contributed by atoms with Gasteiger partial charge in [0, 0.05) is 26.1 Å². The number of amidine groups is 1. The Balaban J connectivity index is 1.94. The quantitative estimate of drug-likeness (QED) is 0.258. The first kappa shape index (κ1) is 29.2. The number of ether oxygens (including phenoxy) is 4. The summed E-state index contributed by atoms with van der Waals surface area (Å²) in [6, 6.07) is 9.11. The van der Waals surface area contributed by atoms with Crippen molar-refractivity contribution in [3.63, 3.8) is 0 Å². The third-order valence-corrected chi connectivity index (χ3v) is 9.16. The molecule has 0 aromatic heterocycles. The maximum Gasteiger partial charge on any atom is 0.303 e. The topological polar surface area (TPSA) is 142 Å². The van der Waals surface area contributed by atoms with E-state index in [4.69, 9.17) is 35.3 Å². The van der Waals surface area contributed by atoms with Crippen molar-refractivity contribution in [1.82, 2.24) is 10.2 Å². The predicted molar refractivity (Wildman–Crippen MR) is 138 cm³/mol. The molecule has 0 saturated carbocycles. The zero-order chi connectivity index (χ0) is 27.2. The molecule has 12 nitrogen and oxygen atoms in total. The first-order chi connectivity index (χ1) is 17.5. The van der Waals surface area contributed by atoms with Crippen LogP contribution in [0, 0.1) is 0 Å². The number of carbonyl (C=O) groups excluding carboxylic acids is 4. The Labute approximate surface area is 223 Å². The van der Waals surface area contributed by atoms with E-state index in [2.05, 4.69) is 10.2 Å². The number of aliphatic imine (C=N–C) groups is 1. The first-order valence-corrected chi connectivity index (χ1v) is 15.0. The average Bonchev–Trinajstić information content (AvgIpc) is 3.16. The van der Waals surface area contributed by atoms with Crippen molar-refractivity contribution in [2.24, 2.45) is 4.99 Å². The molecule has 15 heteroatoms. The lowest BCUT2D eigenvalue weighted by molar-refractivity contribution is -0.224. The van der Waals surface area contributed by atoms with Gasteiger partial charge in [0.2, 0.25) is 0 Å². The number of hydrogen-bond acceptors (Lipinski definition) is 12. The monoisotopic (exact) mass is 573 g/mol. The number of hydrazine groups is 1. The zero-order valence-corrected chi connectivity index (χ0v) is 23.2. The minimum atomic E-state index is -2.90. The molecule has 2 fully saturated rings. The summed E-state index contributed by atoms with van der Waals surface area (Å²) in [5.74, 6) is -2.26. The summed E-state index contributed by atoms with van der Waals surface area (Å²) in [4.78, 5) is 52.6. The summed E-state index contributed by atoms with van der Waals surface area (Å²) in [6.07, 6.45) is -7.55. The molecule has 2 aliphatic heterocycles. The van der Waals surface area contributed by atoms with Gasteiger partial charge in [0.15, 0.2) is 36.1 Å². The van der Waals surface area contributed by atoms with Crippen molar-refractivity contribution in [1.29, 1.82) is 0 Å². The van der Waals surface area contributed by atoms with Gasteiger partial charge in [0.05, 0.1) is 19.0 Å². The first-order valence-electron chi connectivity index (χ1n) is 11.3. The van der Waals surface area contributed by atoms with Crippen LogP contribution in [0.1, 0.15) is 27.7 Å². The number of rotatable bonds is 9. The van der Waals surface area contributed by atoms with Crippen LogP contribution >= 0.6 is 18.2 Å². The normalized spacial score (nSPS) is 26.4. The van der Waals surface area contributed by atoms with Crippen molar-refractivity contribution >= 4 is 64.3 Å². The molecule has 1 aromatic rings. The lowest BCUT2D eigenvalue weighted by Crippen LogP contribution is -2.57. The van der Waals surface area contributed by atoms with E-state index in [1.54, 1.807) is 6.92 Å². The van der Waals surface area contributed by atoms with E-state index in [1.165, 1.54) is 25.8 Å². The Morgan fingerprint density at radius 1 is 1.11 bits per heavy atom. The summed E-state index contributed by atoms with van der Waals surface area (Å²) in [5.41, 5.74) is 0. The van der Waals surface area contributed by atoms with E-state index in [-0.39, 0.29) is 23.4 Å². The zero-order valence-electron chi connectivity index (χ0n) is 20.6. The molecular weight excluding hydrogens is 545 g/mol. The van der Waals surface area contributed by atoms with Gasteiger partial charge in [-0.2, -0.15) is 5.20 Å². The molecule has 5 atom stereocenters. The fourth-order valence-electron chi connectivity index (χ4n) is 3.60. The molecule has 2 heterocycles. The highest BCUT2D eigenvalue weighted by Gasteiger charge is 2.48. The number of hydrogen-bond donors (Lipinski definition) is 1. The van der Waals surface area contributed by atoms with Crippen LogP contribution in [0.25, 0.3) is 0 Å². The molecule has 1 amide bonds. The van der Waals surface area contributed by atoms with E-state index < -0.39 is 48.9 Å². The van der Waals surface area contributed by atoms with Crippen molar-refractivity contribution in [3.05, 3.63) is 30.3 Å². The standard InChI is InChI=1S/C22H28N3O9PS2/c1-5-31-35(36,16-9-7-6-8-10-16)24-25-18(29)12-37-22(25)23-21-20(34-15(4)28)19(33-14(3)27)17(11-30-21)32-13(2)26/h6-10,17,19-21H,5,11-12H2,1-4H3,(H,24,36)/t17-,19+,20-,21-,35?/m1/s1. The van der Waals surface area contributed by atoms with Crippen LogP contribution in [-0.2, 0) is 54.5 Å². The van der Waals surface area contributed by atoms with Gasteiger partial charge < -0.3 is 23.5 Å². The summed E-state index contributed by atoms with van der Waals surface area (Å²) in [7, 11) is 0. The Kier molecular flexibility index (Phi) is 10.2. The molecule has 0 aliphatic carbocycles. The Bertz CT molecular complexity index is 1100. The highest BCUT2D eigenvalue weighted by molar-refractivity contribution is 8.16. The summed E-state index contributed by atoms with van der Waals surface area (Å²) in [5, 5.41) is 5.17.